The van der Waals surface area contributed by atoms with Gasteiger partial charge in [0.2, 0.25) is 0 Å². The molecule has 0 aliphatic rings. The van der Waals surface area contributed by atoms with E-state index in [9.17, 15) is 4.79 Å². The number of carbonyl (C=O) groups excluding carboxylic acids is 1. The molecule has 8 heteroatoms. The average molecular weight is 466 g/mol. The van der Waals surface area contributed by atoms with Crippen molar-refractivity contribution in [2.24, 2.45) is 0 Å². The number of para-hydroxylation sites is 1. The number of thiazole rings is 1. The molecule has 0 unspecified atom stereocenters. The summed E-state index contributed by atoms with van der Waals surface area (Å²) in [6.07, 6.45) is 0. The van der Waals surface area contributed by atoms with Gasteiger partial charge in [-0.3, -0.25) is 9.69 Å². The summed E-state index contributed by atoms with van der Waals surface area (Å²) in [5.74, 6) is 0.501. The molecule has 2 aromatic carbocycles. The zero-order valence-electron chi connectivity index (χ0n) is 17.3. The van der Waals surface area contributed by atoms with Crippen molar-refractivity contribution >= 4 is 55.8 Å². The zero-order chi connectivity index (χ0) is 21.7. The van der Waals surface area contributed by atoms with Crippen molar-refractivity contribution in [1.82, 2.24) is 9.88 Å². The maximum absolute atomic E-state index is 13.5. The first kappa shape index (κ1) is 22.8. The van der Waals surface area contributed by atoms with Crippen LogP contribution in [0.1, 0.15) is 31.1 Å². The number of fused-ring (bicyclic) bond motifs is 1. The number of aromatic nitrogens is 1. The van der Waals surface area contributed by atoms with Crippen LogP contribution in [0, 0.1) is 0 Å². The molecule has 0 aliphatic carbocycles. The quantitative estimate of drug-likeness (QED) is 0.389. The van der Waals surface area contributed by atoms with E-state index in [1.165, 1.54) is 11.3 Å². The fraction of sp³-hybridized carbons (Fsp3) is 0.364. The number of anilines is 1. The van der Waals surface area contributed by atoms with Gasteiger partial charge in [0, 0.05) is 18.1 Å². The van der Waals surface area contributed by atoms with Crippen molar-refractivity contribution in [3.8, 4) is 5.75 Å². The highest BCUT2D eigenvalue weighted by molar-refractivity contribution is 7.22. The fourth-order valence-corrected chi connectivity index (χ4v) is 4.55. The third-order valence-corrected chi connectivity index (χ3v) is 6.45. The number of carbonyl (C=O) groups is 1. The minimum atomic E-state index is -0.216. The van der Waals surface area contributed by atoms with Crippen LogP contribution in [0.15, 0.2) is 36.4 Å². The molecule has 1 aromatic heterocycles. The topological polar surface area (TPSA) is 45.7 Å². The molecule has 0 aliphatic heterocycles. The van der Waals surface area contributed by atoms with Gasteiger partial charge < -0.3 is 9.64 Å². The van der Waals surface area contributed by atoms with E-state index in [4.69, 9.17) is 32.9 Å². The van der Waals surface area contributed by atoms with Gasteiger partial charge in [-0.25, -0.2) is 4.98 Å². The van der Waals surface area contributed by atoms with Crippen LogP contribution in [-0.2, 0) is 0 Å². The number of hydrogen-bond acceptors (Lipinski definition) is 5. The van der Waals surface area contributed by atoms with E-state index in [0.717, 1.165) is 35.6 Å². The van der Waals surface area contributed by atoms with Crippen LogP contribution < -0.4 is 9.64 Å². The molecule has 160 valence electrons. The predicted molar refractivity (Wildman–Crippen MR) is 127 cm³/mol. The van der Waals surface area contributed by atoms with E-state index in [0.29, 0.717) is 33.9 Å². The number of nitrogens with zero attached hydrogens (tertiary/aromatic N) is 3. The molecule has 0 N–H and O–H groups in total. The van der Waals surface area contributed by atoms with Crippen LogP contribution in [0.2, 0.25) is 10.0 Å². The van der Waals surface area contributed by atoms with E-state index in [1.807, 2.05) is 25.1 Å². The van der Waals surface area contributed by atoms with E-state index in [-0.39, 0.29) is 5.91 Å². The Kier molecular flexibility index (Phi) is 7.94. The first-order valence-corrected chi connectivity index (χ1v) is 11.6. The lowest BCUT2D eigenvalue weighted by atomic mass is 10.2. The molecule has 0 saturated carbocycles. The Morgan fingerprint density at radius 3 is 2.57 bits per heavy atom. The largest absolute Gasteiger partial charge is 0.492 e. The lowest BCUT2D eigenvalue weighted by Crippen LogP contribution is -2.39. The lowest BCUT2D eigenvalue weighted by Gasteiger charge is -2.25. The molecule has 1 amide bonds. The zero-order valence-corrected chi connectivity index (χ0v) is 19.7. The van der Waals surface area contributed by atoms with Gasteiger partial charge in [-0.05, 0) is 50.3 Å². The standard InChI is InChI=1S/C22H25Cl2N3O2S/c1-4-26(5-2)12-13-27(21(28)16-14-15(23)10-11-17(16)24)22-25-20-18(29-6-3)8-7-9-19(20)30-22/h7-11,14H,4-6,12-13H2,1-3H3. The van der Waals surface area contributed by atoms with Gasteiger partial charge in [0.05, 0.1) is 21.9 Å². The van der Waals surface area contributed by atoms with Gasteiger partial charge >= 0.3 is 0 Å². The summed E-state index contributed by atoms with van der Waals surface area (Å²) in [6, 6.07) is 10.7. The number of amides is 1. The smallest absolute Gasteiger partial charge is 0.261 e. The summed E-state index contributed by atoms with van der Waals surface area (Å²) in [5, 5.41) is 1.45. The number of halogens is 2. The minimum Gasteiger partial charge on any atom is -0.492 e. The number of ether oxygens (including phenoxy) is 1. The van der Waals surface area contributed by atoms with Crippen molar-refractivity contribution in [3.05, 3.63) is 52.0 Å². The second-order valence-corrected chi connectivity index (χ2v) is 8.49. The molecule has 0 atom stereocenters. The van der Waals surface area contributed by atoms with Gasteiger partial charge in [-0.1, -0.05) is 54.5 Å². The van der Waals surface area contributed by atoms with Gasteiger partial charge in [0.15, 0.2) is 5.13 Å². The summed E-state index contributed by atoms with van der Waals surface area (Å²) in [5.41, 5.74) is 1.13. The Balaban J connectivity index is 2.03. The molecule has 5 nitrogen and oxygen atoms in total. The third-order valence-electron chi connectivity index (χ3n) is 4.84. The first-order valence-electron chi connectivity index (χ1n) is 10.00. The summed E-state index contributed by atoms with van der Waals surface area (Å²) in [7, 11) is 0. The van der Waals surface area contributed by atoms with Crippen LogP contribution in [0.25, 0.3) is 10.2 Å². The van der Waals surface area contributed by atoms with Crippen molar-refractivity contribution in [2.45, 2.75) is 20.8 Å². The first-order chi connectivity index (χ1) is 14.5. The highest BCUT2D eigenvalue weighted by atomic mass is 35.5. The highest BCUT2D eigenvalue weighted by Gasteiger charge is 2.24. The van der Waals surface area contributed by atoms with Crippen molar-refractivity contribution in [2.75, 3.05) is 37.7 Å². The van der Waals surface area contributed by atoms with Crippen LogP contribution in [0.5, 0.6) is 5.75 Å². The fourth-order valence-electron chi connectivity index (χ4n) is 3.17. The van der Waals surface area contributed by atoms with E-state index in [2.05, 4.69) is 18.7 Å². The molecule has 30 heavy (non-hydrogen) atoms. The predicted octanol–water partition coefficient (Wildman–Crippen LogP) is 5.99. The normalized spacial score (nSPS) is 11.3. The SMILES string of the molecule is CCOc1cccc2sc(N(CCN(CC)CC)C(=O)c3cc(Cl)ccc3Cl)nc12. The van der Waals surface area contributed by atoms with Crippen molar-refractivity contribution in [1.29, 1.82) is 0 Å². The van der Waals surface area contributed by atoms with E-state index < -0.39 is 0 Å². The number of likely N-dealkylation sites (N-methyl/N-ethyl adjacent to an activating group) is 1. The van der Waals surface area contributed by atoms with Crippen LogP contribution in [0.4, 0.5) is 5.13 Å². The molecule has 1 heterocycles. The molecular formula is C22H25Cl2N3O2S. The Morgan fingerprint density at radius 2 is 1.87 bits per heavy atom. The van der Waals surface area contributed by atoms with Gasteiger partial charge in [0.25, 0.3) is 5.91 Å². The van der Waals surface area contributed by atoms with Crippen molar-refractivity contribution < 1.29 is 9.53 Å². The number of benzene rings is 2. The van der Waals surface area contributed by atoms with Crippen LogP contribution in [-0.4, -0.2) is 48.6 Å². The Labute approximate surface area is 191 Å². The Morgan fingerprint density at radius 1 is 1.10 bits per heavy atom. The summed E-state index contributed by atoms with van der Waals surface area (Å²) < 4.78 is 6.69. The van der Waals surface area contributed by atoms with Crippen LogP contribution >= 0.6 is 34.5 Å². The molecular weight excluding hydrogens is 441 g/mol. The van der Waals surface area contributed by atoms with Crippen LogP contribution in [0.3, 0.4) is 0 Å². The van der Waals surface area contributed by atoms with Crippen molar-refractivity contribution in [3.63, 3.8) is 0 Å². The molecule has 0 spiro atoms. The molecule has 0 bridgehead atoms. The molecule has 3 aromatic rings. The number of rotatable bonds is 9. The maximum atomic E-state index is 13.5. The number of hydrogen-bond donors (Lipinski definition) is 0. The second kappa shape index (κ2) is 10.4. The monoisotopic (exact) mass is 465 g/mol. The van der Waals surface area contributed by atoms with Gasteiger partial charge in [-0.15, -0.1) is 0 Å². The van der Waals surface area contributed by atoms with E-state index in [1.54, 1.807) is 23.1 Å². The summed E-state index contributed by atoms with van der Waals surface area (Å²) >= 11 is 13.9. The minimum absolute atomic E-state index is 0.216. The third kappa shape index (κ3) is 5.06. The Hall–Kier alpha value is -1.86. The Bertz CT molecular complexity index is 1020. The lowest BCUT2D eigenvalue weighted by molar-refractivity contribution is 0.0984. The second-order valence-electron chi connectivity index (χ2n) is 6.64. The summed E-state index contributed by atoms with van der Waals surface area (Å²) in [4.78, 5) is 22.2. The molecule has 0 radical (unpaired) electrons. The maximum Gasteiger partial charge on any atom is 0.261 e. The van der Waals surface area contributed by atoms with Gasteiger partial charge in [-0.2, -0.15) is 0 Å². The molecule has 0 saturated heterocycles. The molecule has 0 fully saturated rings. The summed E-state index contributed by atoms with van der Waals surface area (Å²) in [6.45, 7) is 9.74. The molecule has 3 rings (SSSR count). The highest BCUT2D eigenvalue weighted by Crippen LogP contribution is 2.35. The average Bonchev–Trinajstić information content (AvgIpc) is 3.18. The van der Waals surface area contributed by atoms with E-state index >= 15 is 0 Å². The van der Waals surface area contributed by atoms with Gasteiger partial charge in [0.1, 0.15) is 11.3 Å².